The van der Waals surface area contributed by atoms with Crippen molar-refractivity contribution in [3.05, 3.63) is 145 Å². The van der Waals surface area contributed by atoms with Gasteiger partial charge in [-0.1, -0.05) is 37.4 Å². The van der Waals surface area contributed by atoms with Gasteiger partial charge in [0.1, 0.15) is 23.0 Å². The molecule has 12 heteroatoms. The lowest BCUT2D eigenvalue weighted by Gasteiger charge is -2.09. The summed E-state index contributed by atoms with van der Waals surface area (Å²) in [5.41, 5.74) is 2.77. The van der Waals surface area contributed by atoms with Crippen LogP contribution in [0.2, 0.25) is 0 Å². The fraction of sp³-hybridized carbons (Fsp3) is 0.319. The van der Waals surface area contributed by atoms with Crippen molar-refractivity contribution in [2.24, 2.45) is 0 Å². The summed E-state index contributed by atoms with van der Waals surface area (Å²) in [5, 5.41) is 0. The second-order valence-electron chi connectivity index (χ2n) is 13.1. The zero-order valence-electron chi connectivity index (χ0n) is 33.3. The van der Waals surface area contributed by atoms with Crippen LogP contribution in [0.5, 0.6) is 23.0 Å². The molecule has 0 unspecified atom stereocenters. The summed E-state index contributed by atoms with van der Waals surface area (Å²) in [7, 11) is 0. The Morgan fingerprint density at radius 2 is 0.746 bits per heavy atom. The Bertz CT molecular complexity index is 1750. The standard InChI is InChI=1S/C47H52O12/c1-3-44(48)56-32-10-8-30-54-40-24-16-38(17-25-40)46(50)58-42-20-12-36(13-21-42)34-52-28-6-5-7-29-53-35-37-14-22-43(23-15-37)59-47(51)39-18-26-41(27-19-39)55-31-9-11-33-57-45(49)4-2/h3-4,12-27H,1-2,5-11,28-35H2. The van der Waals surface area contributed by atoms with Crippen molar-refractivity contribution in [1.82, 2.24) is 0 Å². The van der Waals surface area contributed by atoms with Gasteiger partial charge < -0.3 is 37.9 Å². The van der Waals surface area contributed by atoms with Crippen molar-refractivity contribution in [3.8, 4) is 23.0 Å². The molecule has 0 aliphatic carbocycles. The molecular formula is C47H52O12. The zero-order chi connectivity index (χ0) is 41.9. The van der Waals surface area contributed by atoms with Gasteiger partial charge in [0.25, 0.3) is 0 Å². The molecule has 4 aromatic carbocycles. The molecule has 0 saturated carbocycles. The first-order valence-corrected chi connectivity index (χ1v) is 19.6. The lowest BCUT2D eigenvalue weighted by molar-refractivity contribution is -0.138. The minimum absolute atomic E-state index is 0.315. The van der Waals surface area contributed by atoms with Crippen LogP contribution in [0.15, 0.2) is 122 Å². The number of unbranched alkanes of at least 4 members (excludes halogenated alkanes) is 4. The normalized spacial score (nSPS) is 10.6. The third kappa shape index (κ3) is 18.3. The lowest BCUT2D eigenvalue weighted by atomic mass is 10.2. The predicted octanol–water partition coefficient (Wildman–Crippen LogP) is 8.81. The van der Waals surface area contributed by atoms with E-state index in [0.717, 1.165) is 42.5 Å². The topological polar surface area (TPSA) is 142 Å². The maximum absolute atomic E-state index is 12.6. The Kier molecular flexibility index (Phi) is 20.5. The van der Waals surface area contributed by atoms with Gasteiger partial charge in [-0.15, -0.1) is 0 Å². The molecule has 4 aromatic rings. The van der Waals surface area contributed by atoms with Gasteiger partial charge in [0.15, 0.2) is 0 Å². The van der Waals surface area contributed by atoms with Gasteiger partial charge in [0.05, 0.1) is 50.8 Å². The summed E-state index contributed by atoms with van der Waals surface area (Å²) in [6.45, 7) is 10.4. The Labute approximate surface area is 345 Å². The Morgan fingerprint density at radius 3 is 1.12 bits per heavy atom. The molecule has 0 atom stereocenters. The van der Waals surface area contributed by atoms with Gasteiger partial charge in [-0.25, -0.2) is 19.2 Å². The molecule has 0 amide bonds. The van der Waals surface area contributed by atoms with Crippen LogP contribution in [0.3, 0.4) is 0 Å². The van der Waals surface area contributed by atoms with E-state index >= 15 is 0 Å². The molecule has 12 nitrogen and oxygen atoms in total. The van der Waals surface area contributed by atoms with E-state index in [0.29, 0.717) is 113 Å². The van der Waals surface area contributed by atoms with E-state index in [1.807, 2.05) is 24.3 Å². The molecule has 0 heterocycles. The molecule has 0 aliphatic heterocycles. The van der Waals surface area contributed by atoms with Crippen LogP contribution in [0, 0.1) is 0 Å². The van der Waals surface area contributed by atoms with E-state index in [-0.39, 0.29) is 0 Å². The van der Waals surface area contributed by atoms with Gasteiger partial charge in [-0.2, -0.15) is 0 Å². The second-order valence-corrected chi connectivity index (χ2v) is 13.1. The molecule has 0 aromatic heterocycles. The SMILES string of the molecule is C=CC(=O)OCCCCOc1ccc(C(=O)Oc2ccc(COCCCCCOCc3ccc(OC(=O)c4ccc(OCCCCOC(=O)C=C)cc4)cc3)cc2)cc1. The molecule has 312 valence electrons. The van der Waals surface area contributed by atoms with Crippen molar-refractivity contribution >= 4 is 23.9 Å². The minimum atomic E-state index is -0.465. The quantitative estimate of drug-likeness (QED) is 0.0234. The number of ether oxygens (including phenoxy) is 8. The average molecular weight is 809 g/mol. The maximum atomic E-state index is 12.6. The summed E-state index contributed by atoms with van der Waals surface area (Å²) in [6, 6.07) is 27.9. The van der Waals surface area contributed by atoms with Gasteiger partial charge in [-0.3, -0.25) is 0 Å². The lowest BCUT2D eigenvalue weighted by Crippen LogP contribution is -2.08. The number of hydrogen-bond acceptors (Lipinski definition) is 12. The van der Waals surface area contributed by atoms with Crippen LogP contribution in [-0.4, -0.2) is 63.5 Å². The first-order chi connectivity index (χ1) is 28.8. The van der Waals surface area contributed by atoms with Gasteiger partial charge in [0.2, 0.25) is 0 Å². The fourth-order valence-corrected chi connectivity index (χ4v) is 5.23. The van der Waals surface area contributed by atoms with Crippen LogP contribution in [0.25, 0.3) is 0 Å². The van der Waals surface area contributed by atoms with Gasteiger partial charge in [0, 0.05) is 25.4 Å². The third-order valence-corrected chi connectivity index (χ3v) is 8.50. The van der Waals surface area contributed by atoms with Crippen molar-refractivity contribution in [2.75, 3.05) is 39.6 Å². The summed E-state index contributed by atoms with van der Waals surface area (Å²) < 4.78 is 43.9. The summed E-state index contributed by atoms with van der Waals surface area (Å²) >= 11 is 0. The molecule has 59 heavy (non-hydrogen) atoms. The highest BCUT2D eigenvalue weighted by atomic mass is 16.5. The van der Waals surface area contributed by atoms with E-state index in [9.17, 15) is 19.2 Å². The van der Waals surface area contributed by atoms with Gasteiger partial charge >= 0.3 is 23.9 Å². The molecule has 0 N–H and O–H groups in total. The fourth-order valence-electron chi connectivity index (χ4n) is 5.23. The summed E-state index contributed by atoms with van der Waals surface area (Å²) in [5.74, 6) is 0.345. The van der Waals surface area contributed by atoms with Crippen LogP contribution in [-0.2, 0) is 41.8 Å². The largest absolute Gasteiger partial charge is 0.494 e. The molecule has 0 saturated heterocycles. The first kappa shape index (κ1) is 45.5. The van der Waals surface area contributed by atoms with E-state index < -0.39 is 23.9 Å². The predicted molar refractivity (Wildman–Crippen MR) is 221 cm³/mol. The molecule has 0 fully saturated rings. The number of rotatable bonds is 28. The van der Waals surface area contributed by atoms with Crippen LogP contribution in [0.4, 0.5) is 0 Å². The zero-order valence-corrected chi connectivity index (χ0v) is 33.3. The third-order valence-electron chi connectivity index (χ3n) is 8.50. The van der Waals surface area contributed by atoms with Crippen LogP contribution < -0.4 is 18.9 Å². The molecule has 0 radical (unpaired) electrons. The van der Waals surface area contributed by atoms with Crippen molar-refractivity contribution in [1.29, 1.82) is 0 Å². The average Bonchev–Trinajstić information content (AvgIpc) is 3.26. The monoisotopic (exact) mass is 808 g/mol. The highest BCUT2D eigenvalue weighted by Gasteiger charge is 2.11. The highest BCUT2D eigenvalue weighted by molar-refractivity contribution is 5.91. The van der Waals surface area contributed by atoms with E-state index in [1.54, 1.807) is 72.8 Å². The maximum Gasteiger partial charge on any atom is 0.343 e. The number of carbonyl (C=O) groups excluding carboxylic acids is 4. The Balaban J connectivity index is 0.998. The second kappa shape index (κ2) is 26.6. The summed E-state index contributed by atoms with van der Waals surface area (Å²) in [4.78, 5) is 47.3. The van der Waals surface area contributed by atoms with Crippen molar-refractivity contribution < 1.29 is 57.1 Å². The highest BCUT2D eigenvalue weighted by Crippen LogP contribution is 2.19. The number of hydrogen-bond donors (Lipinski definition) is 0. The molecular weight excluding hydrogens is 757 g/mol. The summed E-state index contributed by atoms with van der Waals surface area (Å²) in [6.07, 6.45) is 7.83. The number of esters is 4. The van der Waals surface area contributed by atoms with Crippen LogP contribution in [0.1, 0.15) is 76.8 Å². The molecule has 0 spiro atoms. The number of carbonyl (C=O) groups is 4. The van der Waals surface area contributed by atoms with E-state index in [4.69, 9.17) is 37.9 Å². The van der Waals surface area contributed by atoms with Crippen LogP contribution >= 0.6 is 0 Å². The minimum Gasteiger partial charge on any atom is -0.494 e. The Hall–Kier alpha value is -6.24. The smallest absolute Gasteiger partial charge is 0.343 e. The first-order valence-electron chi connectivity index (χ1n) is 19.6. The Morgan fingerprint density at radius 1 is 0.407 bits per heavy atom. The number of benzene rings is 4. The van der Waals surface area contributed by atoms with Gasteiger partial charge in [-0.05, 0) is 129 Å². The van der Waals surface area contributed by atoms with E-state index in [1.165, 1.54) is 0 Å². The van der Waals surface area contributed by atoms with E-state index in [2.05, 4.69) is 13.2 Å². The van der Waals surface area contributed by atoms with Crippen molar-refractivity contribution in [2.45, 2.75) is 58.2 Å². The molecule has 4 rings (SSSR count). The molecule has 0 aliphatic rings. The van der Waals surface area contributed by atoms with Crippen molar-refractivity contribution in [3.63, 3.8) is 0 Å². The molecule has 0 bridgehead atoms.